The molecule has 1 aliphatic heterocycles. The number of fused-ring (bicyclic) bond motifs is 1. The fourth-order valence-electron chi connectivity index (χ4n) is 2.70. The van der Waals surface area contributed by atoms with Crippen molar-refractivity contribution in [2.45, 2.75) is 32.4 Å². The van der Waals surface area contributed by atoms with Crippen molar-refractivity contribution >= 4 is 29.1 Å². The summed E-state index contributed by atoms with van der Waals surface area (Å²) in [6.07, 6.45) is -6.35. The summed E-state index contributed by atoms with van der Waals surface area (Å²) in [6, 6.07) is 4.18. The lowest BCUT2D eigenvalue weighted by molar-refractivity contribution is -0.193. The molecule has 2 N–H and O–H groups in total. The predicted molar refractivity (Wildman–Crippen MR) is 115 cm³/mol. The maximum Gasteiger partial charge on any atom is 0.490 e. The summed E-state index contributed by atoms with van der Waals surface area (Å²) in [4.78, 5) is 31.7. The first-order valence-electron chi connectivity index (χ1n) is 9.68. The van der Waals surface area contributed by atoms with Gasteiger partial charge in [0.15, 0.2) is 0 Å². The second kappa shape index (κ2) is 13.0. The number of pyridine rings is 1. The van der Waals surface area contributed by atoms with Crippen LogP contribution in [0.4, 0.5) is 32.2 Å². The van der Waals surface area contributed by atoms with E-state index in [1.165, 1.54) is 11.3 Å². The molecule has 194 valence electrons. The van der Waals surface area contributed by atoms with E-state index in [0.29, 0.717) is 0 Å². The van der Waals surface area contributed by atoms with Crippen molar-refractivity contribution in [2.24, 2.45) is 0 Å². The summed E-state index contributed by atoms with van der Waals surface area (Å²) in [5, 5.41) is 17.5. The fraction of sp³-hybridized carbons (Fsp3) is 0.400. The molecule has 0 aromatic carbocycles. The Hall–Kier alpha value is -3.20. The van der Waals surface area contributed by atoms with Gasteiger partial charge in [0.05, 0.1) is 10.7 Å². The number of halogens is 6. The van der Waals surface area contributed by atoms with Crippen LogP contribution in [-0.2, 0) is 22.7 Å². The zero-order valence-corrected chi connectivity index (χ0v) is 19.1. The van der Waals surface area contributed by atoms with Gasteiger partial charge >= 0.3 is 24.3 Å². The van der Waals surface area contributed by atoms with E-state index in [4.69, 9.17) is 19.8 Å². The van der Waals surface area contributed by atoms with Gasteiger partial charge in [0, 0.05) is 49.9 Å². The van der Waals surface area contributed by atoms with Gasteiger partial charge < -0.3 is 15.1 Å². The van der Waals surface area contributed by atoms with Crippen molar-refractivity contribution < 1.29 is 46.1 Å². The molecule has 2 aromatic heterocycles. The molecule has 0 saturated carbocycles. The molecule has 35 heavy (non-hydrogen) atoms. The van der Waals surface area contributed by atoms with Crippen LogP contribution in [0.2, 0.25) is 0 Å². The highest BCUT2D eigenvalue weighted by molar-refractivity contribution is 7.09. The molecule has 3 rings (SSSR count). The molecule has 0 aliphatic carbocycles. The number of anilines is 1. The average molecular weight is 528 g/mol. The Morgan fingerprint density at radius 2 is 1.71 bits per heavy atom. The van der Waals surface area contributed by atoms with Gasteiger partial charge in [0.1, 0.15) is 5.82 Å². The zero-order valence-electron chi connectivity index (χ0n) is 18.3. The van der Waals surface area contributed by atoms with Gasteiger partial charge in [0.2, 0.25) is 0 Å². The molecular weight excluding hydrogens is 506 g/mol. The fourth-order valence-corrected chi connectivity index (χ4v) is 3.31. The van der Waals surface area contributed by atoms with Gasteiger partial charge in [-0.05, 0) is 13.0 Å². The summed E-state index contributed by atoms with van der Waals surface area (Å²) in [7, 11) is 0. The zero-order chi connectivity index (χ0) is 26.8. The van der Waals surface area contributed by atoms with Gasteiger partial charge in [-0.3, -0.25) is 4.90 Å². The highest BCUT2D eigenvalue weighted by Gasteiger charge is 2.38. The molecule has 0 fully saturated rings. The van der Waals surface area contributed by atoms with Gasteiger partial charge in [-0.2, -0.15) is 26.3 Å². The lowest BCUT2D eigenvalue weighted by atomic mass is 10.2. The van der Waals surface area contributed by atoms with Crippen LogP contribution in [0.5, 0.6) is 0 Å². The van der Waals surface area contributed by atoms with Crippen LogP contribution >= 0.6 is 11.3 Å². The summed E-state index contributed by atoms with van der Waals surface area (Å²) < 4.78 is 63.5. The lowest BCUT2D eigenvalue weighted by Crippen LogP contribution is -2.31. The molecule has 2 aromatic rings. The molecule has 0 unspecified atom stereocenters. The Morgan fingerprint density at radius 3 is 2.17 bits per heavy atom. The third kappa shape index (κ3) is 10.7. The Kier molecular flexibility index (Phi) is 11.1. The Bertz CT molecular complexity index is 972. The summed E-state index contributed by atoms with van der Waals surface area (Å²) in [5.41, 5.74) is 2.45. The van der Waals surface area contributed by atoms with E-state index in [-0.39, 0.29) is 0 Å². The quantitative estimate of drug-likeness (QED) is 0.451. The number of carbonyl (C=O) groups is 2. The number of aryl methyl sites for hydroxylation is 1. The average Bonchev–Trinajstić information content (AvgIpc) is 3.07. The van der Waals surface area contributed by atoms with Crippen LogP contribution in [0.3, 0.4) is 0 Å². The molecular formula is C20H22F6N4O4S. The van der Waals surface area contributed by atoms with Gasteiger partial charge in [-0.1, -0.05) is 12.1 Å². The van der Waals surface area contributed by atoms with E-state index in [1.807, 2.05) is 18.3 Å². The topological polar surface area (TPSA) is 107 Å². The van der Waals surface area contributed by atoms with E-state index < -0.39 is 24.3 Å². The Morgan fingerprint density at radius 1 is 1.14 bits per heavy atom. The number of nitrogens with zero attached hydrogens (tertiary/aromatic N) is 4. The minimum Gasteiger partial charge on any atom is -0.475 e. The number of rotatable bonds is 4. The molecule has 0 spiro atoms. The summed E-state index contributed by atoms with van der Waals surface area (Å²) >= 11 is 1.72. The van der Waals surface area contributed by atoms with Gasteiger partial charge in [-0.15, -0.1) is 17.9 Å². The van der Waals surface area contributed by atoms with Crippen molar-refractivity contribution in [2.75, 3.05) is 24.5 Å². The van der Waals surface area contributed by atoms with E-state index >= 15 is 0 Å². The minimum atomic E-state index is -5.08. The Labute approximate surface area is 200 Å². The maximum absolute atomic E-state index is 10.6. The number of carboxylic acids is 2. The maximum atomic E-state index is 10.6. The van der Waals surface area contributed by atoms with Crippen molar-refractivity contribution in [1.82, 2.24) is 14.9 Å². The summed E-state index contributed by atoms with van der Waals surface area (Å²) in [6.45, 7) is 10.6. The second-order valence-corrected chi connectivity index (χ2v) is 7.96. The first-order valence-corrected chi connectivity index (χ1v) is 10.6. The monoisotopic (exact) mass is 528 g/mol. The smallest absolute Gasteiger partial charge is 0.475 e. The van der Waals surface area contributed by atoms with Crippen LogP contribution in [0.25, 0.3) is 0 Å². The van der Waals surface area contributed by atoms with Crippen LogP contribution in [0.15, 0.2) is 36.4 Å². The minimum absolute atomic E-state index is 0.841. The van der Waals surface area contributed by atoms with Crippen molar-refractivity contribution in [1.29, 1.82) is 0 Å². The third-order valence-corrected chi connectivity index (χ3v) is 4.96. The predicted octanol–water partition coefficient (Wildman–Crippen LogP) is 4.12. The van der Waals surface area contributed by atoms with Crippen molar-refractivity contribution in [3.63, 3.8) is 0 Å². The van der Waals surface area contributed by atoms with Crippen molar-refractivity contribution in [3.8, 4) is 0 Å². The third-order valence-electron chi connectivity index (χ3n) is 4.13. The van der Waals surface area contributed by atoms with Crippen LogP contribution in [0.1, 0.15) is 16.3 Å². The molecule has 8 nitrogen and oxygen atoms in total. The highest BCUT2D eigenvalue weighted by Crippen LogP contribution is 2.23. The van der Waals surface area contributed by atoms with Gasteiger partial charge in [0.25, 0.3) is 0 Å². The number of carboxylic acid groups (broad SMARTS) is 2. The molecule has 1 aliphatic rings. The molecule has 3 heterocycles. The molecule has 0 radical (unpaired) electrons. The van der Waals surface area contributed by atoms with E-state index in [9.17, 15) is 26.3 Å². The number of hydrogen-bond acceptors (Lipinski definition) is 7. The highest BCUT2D eigenvalue weighted by atomic mass is 32.1. The molecule has 0 saturated heterocycles. The van der Waals surface area contributed by atoms with Crippen LogP contribution in [-0.4, -0.2) is 69.0 Å². The second-order valence-electron chi connectivity index (χ2n) is 6.90. The van der Waals surface area contributed by atoms with E-state index in [2.05, 4.69) is 44.7 Å². The first-order chi connectivity index (χ1) is 16.1. The number of aromatic nitrogens is 2. The largest absolute Gasteiger partial charge is 0.490 e. The SMILES string of the molecule is C=CCN1CCN(Cc2csc(C)n2)Cc2cccnc21.O=C(O)C(F)(F)F.O=C(O)C(F)(F)F. The molecule has 0 atom stereocenters. The van der Waals surface area contributed by atoms with Crippen molar-refractivity contribution in [3.05, 3.63) is 52.6 Å². The normalized spacial score (nSPS) is 13.9. The standard InChI is InChI=1S/C16H20N4S.2C2HF3O2/c1-3-7-20-9-8-19(11-15-12-21-13(2)18-15)10-14-5-4-6-17-16(14)20;2*3-2(4,5)1(6)7/h3-6,12H,1,7-11H2,2H3;2*(H,6,7). The van der Waals surface area contributed by atoms with Crippen LogP contribution < -0.4 is 4.90 Å². The number of aliphatic carboxylic acids is 2. The van der Waals surface area contributed by atoms with E-state index in [0.717, 1.165) is 43.5 Å². The summed E-state index contributed by atoms with van der Waals surface area (Å²) in [5.74, 6) is -4.42. The lowest BCUT2D eigenvalue weighted by Gasteiger charge is -2.22. The molecule has 0 amide bonds. The Balaban J connectivity index is 0.000000362. The number of thiazole rings is 1. The molecule has 0 bridgehead atoms. The van der Waals surface area contributed by atoms with Gasteiger partial charge in [-0.25, -0.2) is 19.6 Å². The van der Waals surface area contributed by atoms with Crippen LogP contribution in [0, 0.1) is 6.92 Å². The number of alkyl halides is 6. The van der Waals surface area contributed by atoms with E-state index in [1.54, 1.807) is 11.3 Å². The first kappa shape index (κ1) is 29.8. The number of hydrogen-bond donors (Lipinski definition) is 2. The molecule has 15 heteroatoms.